The molecule has 7 rings (SSSR count). The quantitative estimate of drug-likeness (QED) is 0.403. The Labute approximate surface area is 313 Å². The van der Waals surface area contributed by atoms with Gasteiger partial charge in [0.05, 0.1) is 36.3 Å². The van der Waals surface area contributed by atoms with Crippen LogP contribution in [-0.2, 0) is 58.2 Å². The van der Waals surface area contributed by atoms with Gasteiger partial charge < -0.3 is 14.4 Å². The SMILES string of the molecule is C[C@@H]1CCCCc2cccc3c2CN(C3)C(=O)O[C@@H]2C[C@H]3C(=O)C[C@]4(C(=O)NS(=O)(=O)C5CC5)C[C@H]4CCCCCCC[C@H](CC(=O)OC1)C(=O)N3C2. The number of ketones is 1. The van der Waals surface area contributed by atoms with Crippen molar-refractivity contribution in [1.82, 2.24) is 14.5 Å². The molecule has 13 heteroatoms. The first-order chi connectivity index (χ1) is 25.4. The minimum absolute atomic E-state index is 0.00567. The first kappa shape index (κ1) is 37.8. The van der Waals surface area contributed by atoms with Gasteiger partial charge in [-0.15, -0.1) is 0 Å². The smallest absolute Gasteiger partial charge is 0.410 e. The highest BCUT2D eigenvalue weighted by Gasteiger charge is 2.62. The lowest BCUT2D eigenvalue weighted by Crippen LogP contribution is -2.46. The van der Waals surface area contributed by atoms with Crippen molar-refractivity contribution >= 4 is 39.7 Å². The van der Waals surface area contributed by atoms with Crippen LogP contribution in [0.3, 0.4) is 0 Å². The number of hydrogen-bond acceptors (Lipinski definition) is 9. The van der Waals surface area contributed by atoms with Crippen molar-refractivity contribution in [3.63, 3.8) is 0 Å². The summed E-state index contributed by atoms with van der Waals surface area (Å²) >= 11 is 0. The molecule has 2 saturated heterocycles. The van der Waals surface area contributed by atoms with Crippen LogP contribution in [0.1, 0.15) is 126 Å². The van der Waals surface area contributed by atoms with Crippen LogP contribution in [0.2, 0.25) is 0 Å². The Morgan fingerprint density at radius 3 is 2.43 bits per heavy atom. The molecule has 5 bridgehead atoms. The topological polar surface area (TPSA) is 156 Å². The zero-order valence-electron chi connectivity index (χ0n) is 31.0. The van der Waals surface area contributed by atoms with Gasteiger partial charge in [-0.05, 0) is 79.9 Å². The van der Waals surface area contributed by atoms with Gasteiger partial charge in [0, 0.05) is 31.8 Å². The molecule has 4 fully saturated rings. The molecule has 1 aromatic rings. The molecule has 2 saturated carbocycles. The molecular formula is C40H55N3O9S. The van der Waals surface area contributed by atoms with E-state index >= 15 is 0 Å². The molecular weight excluding hydrogens is 699 g/mol. The number of cyclic esters (lactones) is 1. The highest BCUT2D eigenvalue weighted by Crippen LogP contribution is 2.59. The molecule has 1 aromatic carbocycles. The molecule has 6 aliphatic rings. The molecule has 4 aliphatic heterocycles. The number of fused-ring (bicyclic) bond motifs is 4. The molecule has 12 nitrogen and oxygen atoms in total. The largest absolute Gasteiger partial charge is 0.465 e. The zero-order chi connectivity index (χ0) is 37.3. The summed E-state index contributed by atoms with van der Waals surface area (Å²) in [5.41, 5.74) is 2.27. The van der Waals surface area contributed by atoms with E-state index in [1.54, 1.807) is 4.90 Å². The molecule has 4 heterocycles. The Morgan fingerprint density at radius 2 is 1.64 bits per heavy atom. The maximum atomic E-state index is 14.5. The number of sulfonamides is 1. The average Bonchev–Trinajstić information content (AvgIpc) is 4.01. The first-order valence-electron chi connectivity index (χ1n) is 20.0. The Morgan fingerprint density at radius 1 is 0.906 bits per heavy atom. The van der Waals surface area contributed by atoms with Crippen molar-refractivity contribution < 1.29 is 41.9 Å². The number of esters is 1. The number of nitrogens with one attached hydrogen (secondary N) is 1. The Hall–Kier alpha value is -3.48. The number of Topliss-reactive ketones (excluding diaryl/α,β-unsaturated/α-hetero) is 1. The third kappa shape index (κ3) is 8.60. The van der Waals surface area contributed by atoms with Crippen LogP contribution >= 0.6 is 0 Å². The van der Waals surface area contributed by atoms with Gasteiger partial charge in [-0.2, -0.15) is 0 Å². The Kier molecular flexibility index (Phi) is 11.2. The minimum atomic E-state index is -3.82. The molecule has 0 radical (unpaired) electrons. The highest BCUT2D eigenvalue weighted by atomic mass is 32.2. The molecule has 0 spiro atoms. The van der Waals surface area contributed by atoms with E-state index < -0.39 is 56.7 Å². The van der Waals surface area contributed by atoms with E-state index in [1.165, 1.54) is 10.5 Å². The summed E-state index contributed by atoms with van der Waals surface area (Å²) in [7, 11) is -3.82. The molecule has 0 unspecified atom stereocenters. The molecule has 53 heavy (non-hydrogen) atoms. The van der Waals surface area contributed by atoms with Crippen molar-refractivity contribution in [3.8, 4) is 0 Å². The molecule has 3 amide bonds. The lowest BCUT2D eigenvalue weighted by molar-refractivity contribution is -0.151. The average molecular weight is 754 g/mol. The van der Waals surface area contributed by atoms with Gasteiger partial charge >= 0.3 is 12.1 Å². The second kappa shape index (κ2) is 15.7. The summed E-state index contributed by atoms with van der Waals surface area (Å²) in [6, 6.07) is 5.19. The van der Waals surface area contributed by atoms with Crippen molar-refractivity contribution in [2.45, 2.75) is 147 Å². The van der Waals surface area contributed by atoms with Gasteiger partial charge in [0.15, 0.2) is 5.78 Å². The van der Waals surface area contributed by atoms with Crippen molar-refractivity contribution in [2.75, 3.05) is 13.2 Å². The van der Waals surface area contributed by atoms with Crippen LogP contribution in [0.5, 0.6) is 0 Å². The van der Waals surface area contributed by atoms with E-state index in [2.05, 4.69) is 17.7 Å². The van der Waals surface area contributed by atoms with Crippen LogP contribution in [0.15, 0.2) is 18.2 Å². The number of nitrogens with zero attached hydrogens (tertiary/aromatic N) is 2. The maximum absolute atomic E-state index is 14.5. The maximum Gasteiger partial charge on any atom is 0.410 e. The summed E-state index contributed by atoms with van der Waals surface area (Å²) in [6.45, 7) is 3.19. The standard InChI is InChI=1S/C40H55N3O9S/c1-26-10-7-8-11-27-13-9-14-29-22-42(24-33(27)29)39(48)52-31-19-34-35(44)21-40(38(47)41-53(49,50)32-16-17-32)20-30(40)15-6-4-2-3-5-12-28(18-36(45)51-25-26)37(46)43(34)23-31/h9,13-14,26,28,30-32,34H,2-8,10-12,15-25H2,1H3,(H,41,47)/t26-,28-,30-,31-,34+,40-/m1/s1. The number of benzene rings is 1. The van der Waals surface area contributed by atoms with Crippen LogP contribution in [0.4, 0.5) is 4.79 Å². The van der Waals surface area contributed by atoms with E-state index in [4.69, 9.17) is 9.47 Å². The van der Waals surface area contributed by atoms with Gasteiger partial charge in [0.1, 0.15) is 6.10 Å². The van der Waals surface area contributed by atoms with Gasteiger partial charge in [-0.1, -0.05) is 63.6 Å². The monoisotopic (exact) mass is 753 g/mol. The van der Waals surface area contributed by atoms with Crippen LogP contribution in [-0.4, -0.2) is 78.4 Å². The number of ether oxygens (including phenoxy) is 2. The number of carbonyl (C=O) groups excluding carboxylic acids is 5. The molecule has 0 aromatic heterocycles. The molecule has 6 atom stereocenters. The highest BCUT2D eigenvalue weighted by molar-refractivity contribution is 7.90. The lowest BCUT2D eigenvalue weighted by atomic mass is 9.90. The van der Waals surface area contributed by atoms with Crippen molar-refractivity contribution in [2.24, 2.45) is 23.2 Å². The van der Waals surface area contributed by atoms with E-state index in [-0.39, 0.29) is 55.9 Å². The van der Waals surface area contributed by atoms with E-state index in [1.807, 2.05) is 12.1 Å². The predicted octanol–water partition coefficient (Wildman–Crippen LogP) is 5.34. The summed E-state index contributed by atoms with van der Waals surface area (Å²) in [5.74, 6) is -2.44. The van der Waals surface area contributed by atoms with Crippen molar-refractivity contribution in [3.05, 3.63) is 34.9 Å². The molecule has 1 N–H and O–H groups in total. The zero-order valence-corrected chi connectivity index (χ0v) is 31.8. The number of hydrogen-bond donors (Lipinski definition) is 1. The Bertz CT molecular complexity index is 1710. The minimum Gasteiger partial charge on any atom is -0.465 e. The van der Waals surface area contributed by atoms with Crippen LogP contribution in [0, 0.1) is 23.2 Å². The number of carbonyl (C=O) groups is 5. The lowest BCUT2D eigenvalue weighted by Gasteiger charge is -2.29. The third-order valence-electron chi connectivity index (χ3n) is 12.7. The predicted molar refractivity (Wildman–Crippen MR) is 194 cm³/mol. The van der Waals surface area contributed by atoms with Gasteiger partial charge in [0.2, 0.25) is 21.8 Å². The van der Waals surface area contributed by atoms with Gasteiger partial charge in [-0.3, -0.25) is 28.8 Å². The van der Waals surface area contributed by atoms with Crippen LogP contribution < -0.4 is 4.72 Å². The second-order valence-corrected chi connectivity index (χ2v) is 18.8. The molecule has 2 aliphatic carbocycles. The summed E-state index contributed by atoms with van der Waals surface area (Å²) in [5, 5.41) is -0.578. The van der Waals surface area contributed by atoms with E-state index in [9.17, 15) is 32.4 Å². The third-order valence-corrected chi connectivity index (χ3v) is 14.5. The summed E-state index contributed by atoms with van der Waals surface area (Å²) in [4.78, 5) is 72.8. The fourth-order valence-corrected chi connectivity index (χ4v) is 10.6. The first-order valence-corrected chi connectivity index (χ1v) is 21.6. The van der Waals surface area contributed by atoms with Crippen molar-refractivity contribution in [1.29, 1.82) is 0 Å². The normalized spacial score (nSPS) is 32.2. The van der Waals surface area contributed by atoms with E-state index in [0.717, 1.165) is 68.9 Å². The number of rotatable bonds is 3. The van der Waals surface area contributed by atoms with Gasteiger partial charge in [-0.25, -0.2) is 13.2 Å². The summed E-state index contributed by atoms with van der Waals surface area (Å²) < 4.78 is 39.8. The van der Waals surface area contributed by atoms with Crippen LogP contribution in [0.25, 0.3) is 0 Å². The molecule has 290 valence electrons. The number of aryl methyl sites for hydroxylation is 1. The summed E-state index contributed by atoms with van der Waals surface area (Å²) in [6.07, 6.45) is 9.14. The number of amides is 3. The fourth-order valence-electron chi connectivity index (χ4n) is 9.20. The van der Waals surface area contributed by atoms with Gasteiger partial charge in [0.25, 0.3) is 0 Å². The Balaban J connectivity index is 1.16. The fraction of sp³-hybridized carbons (Fsp3) is 0.725. The second-order valence-electron chi connectivity index (χ2n) is 16.8. The van der Waals surface area contributed by atoms with E-state index in [0.29, 0.717) is 45.2 Å².